The first-order valence-corrected chi connectivity index (χ1v) is 4.59. The molecule has 0 aliphatic carbocycles. The van der Waals surface area contributed by atoms with E-state index >= 15 is 0 Å². The van der Waals surface area contributed by atoms with Gasteiger partial charge in [-0.25, -0.2) is 9.37 Å². The van der Waals surface area contributed by atoms with Gasteiger partial charge in [-0.3, -0.25) is 4.79 Å². The molecule has 3 N–H and O–H groups in total. The van der Waals surface area contributed by atoms with Crippen molar-refractivity contribution in [3.05, 3.63) is 23.1 Å². The van der Waals surface area contributed by atoms with Crippen LogP contribution in [0.4, 0.5) is 17.6 Å². The van der Waals surface area contributed by atoms with Crippen molar-refractivity contribution >= 4 is 5.97 Å². The van der Waals surface area contributed by atoms with Gasteiger partial charge in [0.2, 0.25) is 5.88 Å². The van der Waals surface area contributed by atoms with Crippen LogP contribution in [0.1, 0.15) is 11.3 Å². The Morgan fingerprint density at radius 1 is 1.50 bits per heavy atom. The number of aromatic nitrogens is 1. The van der Waals surface area contributed by atoms with Crippen LogP contribution in [0, 0.1) is 5.82 Å². The minimum atomic E-state index is -5.00. The minimum Gasteiger partial charge on any atom is -0.481 e. The van der Waals surface area contributed by atoms with Gasteiger partial charge in [-0.15, -0.1) is 13.2 Å². The Hall–Kier alpha value is -1.90. The molecule has 0 spiro atoms. The van der Waals surface area contributed by atoms with E-state index < -0.39 is 42.7 Å². The van der Waals surface area contributed by atoms with E-state index in [0.717, 1.165) is 0 Å². The number of hydrogen-bond acceptors (Lipinski definition) is 4. The molecular formula is C9H8F4N2O3. The number of hydrogen-bond donors (Lipinski definition) is 2. The maximum atomic E-state index is 13.5. The van der Waals surface area contributed by atoms with Crippen molar-refractivity contribution in [3.63, 3.8) is 0 Å². The molecule has 0 unspecified atom stereocenters. The van der Waals surface area contributed by atoms with Gasteiger partial charge in [0.25, 0.3) is 0 Å². The number of carbonyl (C=O) groups is 1. The standard InChI is InChI=1S/C9H8F4N2O3/c10-8-4(3-14)1-6(18-9(11,12)13)15-5(8)2-7(16)17/h1H,2-3,14H2,(H,16,17). The van der Waals surface area contributed by atoms with Crippen molar-refractivity contribution in [3.8, 4) is 5.88 Å². The molecule has 0 saturated heterocycles. The van der Waals surface area contributed by atoms with Gasteiger partial charge in [-0.05, 0) is 0 Å². The van der Waals surface area contributed by atoms with Crippen molar-refractivity contribution < 1.29 is 32.2 Å². The highest BCUT2D eigenvalue weighted by Crippen LogP contribution is 2.24. The van der Waals surface area contributed by atoms with Crippen LogP contribution in [-0.4, -0.2) is 22.4 Å². The first-order chi connectivity index (χ1) is 8.23. The van der Waals surface area contributed by atoms with Gasteiger partial charge in [0.15, 0.2) is 0 Å². The predicted octanol–water partition coefficient (Wildman–Crippen LogP) is 1.21. The van der Waals surface area contributed by atoms with Crippen LogP contribution in [0.5, 0.6) is 5.88 Å². The zero-order valence-corrected chi connectivity index (χ0v) is 8.79. The first-order valence-electron chi connectivity index (χ1n) is 4.59. The summed E-state index contributed by atoms with van der Waals surface area (Å²) in [6.45, 7) is -0.408. The molecule has 0 radical (unpaired) electrons. The molecule has 0 amide bonds. The van der Waals surface area contributed by atoms with Crippen LogP contribution in [0.15, 0.2) is 6.07 Å². The smallest absolute Gasteiger partial charge is 0.481 e. The molecule has 0 aliphatic heterocycles. The monoisotopic (exact) mass is 268 g/mol. The molecule has 1 aromatic heterocycles. The number of alkyl halides is 3. The summed E-state index contributed by atoms with van der Waals surface area (Å²) < 4.78 is 52.9. The van der Waals surface area contributed by atoms with E-state index in [1.165, 1.54) is 0 Å². The average molecular weight is 268 g/mol. The summed E-state index contributed by atoms with van der Waals surface area (Å²) >= 11 is 0. The average Bonchev–Trinajstić information content (AvgIpc) is 2.19. The van der Waals surface area contributed by atoms with E-state index in [1.54, 1.807) is 0 Å². The molecular weight excluding hydrogens is 260 g/mol. The van der Waals surface area contributed by atoms with Crippen molar-refractivity contribution in [1.29, 1.82) is 0 Å². The number of pyridine rings is 1. The third-order valence-corrected chi connectivity index (χ3v) is 1.84. The molecule has 5 nitrogen and oxygen atoms in total. The van der Waals surface area contributed by atoms with Gasteiger partial charge in [-0.1, -0.05) is 0 Å². The fourth-order valence-corrected chi connectivity index (χ4v) is 1.19. The zero-order chi connectivity index (χ0) is 13.9. The number of carboxylic acids is 1. The van der Waals surface area contributed by atoms with E-state index in [4.69, 9.17) is 10.8 Å². The molecule has 9 heteroatoms. The molecule has 18 heavy (non-hydrogen) atoms. The van der Waals surface area contributed by atoms with Crippen molar-refractivity contribution in [1.82, 2.24) is 4.98 Å². The van der Waals surface area contributed by atoms with Gasteiger partial charge < -0.3 is 15.6 Å². The van der Waals surface area contributed by atoms with Crippen LogP contribution in [0.25, 0.3) is 0 Å². The van der Waals surface area contributed by atoms with Crippen molar-refractivity contribution in [2.45, 2.75) is 19.3 Å². The Labute approximate surface area is 98.2 Å². The Kier molecular flexibility index (Phi) is 4.07. The SMILES string of the molecule is NCc1cc(OC(F)(F)F)nc(CC(=O)O)c1F. The third-order valence-electron chi connectivity index (χ3n) is 1.84. The normalized spacial score (nSPS) is 11.4. The second kappa shape index (κ2) is 5.17. The highest BCUT2D eigenvalue weighted by molar-refractivity contribution is 5.69. The van der Waals surface area contributed by atoms with Gasteiger partial charge in [0, 0.05) is 18.2 Å². The Morgan fingerprint density at radius 2 is 2.11 bits per heavy atom. The quantitative estimate of drug-likeness (QED) is 0.801. The molecule has 0 aliphatic rings. The van der Waals surface area contributed by atoms with E-state index in [1.807, 2.05) is 0 Å². The maximum Gasteiger partial charge on any atom is 0.574 e. The van der Waals surface area contributed by atoms with Gasteiger partial charge >= 0.3 is 12.3 Å². The Bertz CT molecular complexity index is 462. The summed E-state index contributed by atoms with van der Waals surface area (Å²) in [7, 11) is 0. The van der Waals surface area contributed by atoms with Crippen LogP contribution >= 0.6 is 0 Å². The number of rotatable bonds is 4. The maximum absolute atomic E-state index is 13.5. The molecule has 0 saturated carbocycles. The van der Waals surface area contributed by atoms with Gasteiger partial charge in [0.05, 0.1) is 12.1 Å². The molecule has 1 heterocycles. The molecule has 1 rings (SSSR count). The summed E-state index contributed by atoms with van der Waals surface area (Å²) in [5.41, 5.74) is 4.16. The Morgan fingerprint density at radius 3 is 2.56 bits per heavy atom. The van der Waals surface area contributed by atoms with Crippen LogP contribution in [0.2, 0.25) is 0 Å². The van der Waals surface area contributed by atoms with E-state index in [0.29, 0.717) is 6.07 Å². The molecule has 0 fully saturated rings. The Balaban J connectivity index is 3.17. The van der Waals surface area contributed by atoms with Gasteiger partial charge in [-0.2, -0.15) is 0 Å². The zero-order valence-electron chi connectivity index (χ0n) is 8.79. The first kappa shape index (κ1) is 14.2. The topological polar surface area (TPSA) is 85.4 Å². The second-order valence-electron chi connectivity index (χ2n) is 3.20. The van der Waals surface area contributed by atoms with Crippen LogP contribution in [0.3, 0.4) is 0 Å². The summed E-state index contributed by atoms with van der Waals surface area (Å²) in [4.78, 5) is 13.6. The molecule has 100 valence electrons. The fraction of sp³-hybridized carbons (Fsp3) is 0.333. The number of halogens is 4. The van der Waals surface area contributed by atoms with E-state index in [2.05, 4.69) is 9.72 Å². The highest BCUT2D eigenvalue weighted by Gasteiger charge is 2.32. The lowest BCUT2D eigenvalue weighted by atomic mass is 10.1. The van der Waals surface area contributed by atoms with Crippen molar-refractivity contribution in [2.24, 2.45) is 5.73 Å². The number of nitrogens with two attached hydrogens (primary N) is 1. The number of nitrogens with zero attached hydrogens (tertiary/aromatic N) is 1. The number of carboxylic acid groups (broad SMARTS) is 1. The largest absolute Gasteiger partial charge is 0.574 e. The number of ether oxygens (including phenoxy) is 1. The molecule has 0 atom stereocenters. The lowest BCUT2D eigenvalue weighted by Gasteiger charge is -2.11. The molecule has 0 bridgehead atoms. The highest BCUT2D eigenvalue weighted by atomic mass is 19.4. The summed E-state index contributed by atoms with van der Waals surface area (Å²) in [6.07, 6.45) is -5.87. The fourth-order valence-electron chi connectivity index (χ4n) is 1.19. The second-order valence-corrected chi connectivity index (χ2v) is 3.20. The van der Waals surface area contributed by atoms with Crippen LogP contribution < -0.4 is 10.5 Å². The third kappa shape index (κ3) is 3.84. The lowest BCUT2D eigenvalue weighted by molar-refractivity contribution is -0.276. The summed E-state index contributed by atoms with van der Waals surface area (Å²) in [5.74, 6) is -3.43. The minimum absolute atomic E-state index is 0.305. The summed E-state index contributed by atoms with van der Waals surface area (Å²) in [6, 6.07) is 0.675. The van der Waals surface area contributed by atoms with Gasteiger partial charge in [0.1, 0.15) is 5.82 Å². The van der Waals surface area contributed by atoms with E-state index in [9.17, 15) is 22.4 Å². The van der Waals surface area contributed by atoms with Crippen molar-refractivity contribution in [2.75, 3.05) is 0 Å². The summed E-state index contributed by atoms with van der Waals surface area (Å²) in [5, 5.41) is 8.48. The molecule has 0 aromatic carbocycles. The molecule has 1 aromatic rings. The van der Waals surface area contributed by atoms with E-state index in [-0.39, 0.29) is 5.56 Å². The van der Waals surface area contributed by atoms with Crippen LogP contribution in [-0.2, 0) is 17.8 Å². The predicted molar refractivity (Wildman–Crippen MR) is 50.1 cm³/mol. The number of aliphatic carboxylic acids is 1. The lowest BCUT2D eigenvalue weighted by Crippen LogP contribution is -2.19.